The van der Waals surface area contributed by atoms with Crippen LogP contribution in [-0.2, 0) is 11.3 Å². The Bertz CT molecular complexity index is 825. The van der Waals surface area contributed by atoms with Gasteiger partial charge in [0.15, 0.2) is 0 Å². The molecule has 7 heteroatoms. The average Bonchev–Trinajstić information content (AvgIpc) is 2.88. The van der Waals surface area contributed by atoms with Gasteiger partial charge in [0.2, 0.25) is 11.9 Å². The fourth-order valence-corrected chi connectivity index (χ4v) is 3.72. The third-order valence-corrected chi connectivity index (χ3v) is 5.17. The molecule has 0 N–H and O–H groups in total. The molecule has 0 aliphatic carbocycles. The zero-order chi connectivity index (χ0) is 18.8. The van der Waals surface area contributed by atoms with E-state index in [0.29, 0.717) is 16.3 Å². The minimum absolute atomic E-state index is 0.243. The van der Waals surface area contributed by atoms with Gasteiger partial charge in [-0.15, -0.1) is 0 Å². The number of carbonyl (C=O) groups excluding carboxylic acids is 1. The highest BCUT2D eigenvalue weighted by molar-refractivity contribution is 6.31. The second-order valence-electron chi connectivity index (χ2n) is 6.35. The van der Waals surface area contributed by atoms with Crippen molar-refractivity contribution in [1.29, 1.82) is 0 Å². The van der Waals surface area contributed by atoms with Crippen molar-refractivity contribution in [3.8, 4) is 5.75 Å². The number of hydrogen-bond acceptors (Lipinski definition) is 4. The summed E-state index contributed by atoms with van der Waals surface area (Å²) in [5.74, 6) is -0.252. The molecule has 1 heterocycles. The molecule has 2 aromatic carbocycles. The van der Waals surface area contributed by atoms with Crippen molar-refractivity contribution in [3.63, 3.8) is 0 Å². The Hall–Kier alpha value is -2.60. The number of carbonyl (C=O) groups is 1. The first-order valence-electron chi connectivity index (χ1n) is 8.25. The predicted molar refractivity (Wildman–Crippen MR) is 97.7 cm³/mol. The van der Waals surface area contributed by atoms with E-state index in [1.165, 1.54) is 0 Å². The van der Waals surface area contributed by atoms with E-state index in [-0.39, 0.29) is 17.4 Å². The van der Waals surface area contributed by atoms with Gasteiger partial charge >= 0.3 is 0 Å². The maximum Gasteiger partial charge on any atom is 0.248 e. The van der Waals surface area contributed by atoms with Crippen LogP contribution in [0.1, 0.15) is 24.1 Å². The van der Waals surface area contributed by atoms with E-state index in [0.717, 1.165) is 5.56 Å². The molecule has 136 valence electrons. The minimum atomic E-state index is -1.04. The maximum absolute atomic E-state index is 12.8. The predicted octanol–water partition coefficient (Wildman–Crippen LogP) is 3.71. The van der Waals surface area contributed by atoms with E-state index in [9.17, 15) is 14.9 Å². The summed E-state index contributed by atoms with van der Waals surface area (Å²) in [5.41, 5.74) is 1.47. The minimum Gasteiger partial charge on any atom is -0.497 e. The summed E-state index contributed by atoms with van der Waals surface area (Å²) in [4.78, 5) is 25.7. The lowest BCUT2D eigenvalue weighted by molar-refractivity contribution is -0.532. The van der Waals surface area contributed by atoms with Gasteiger partial charge in [-0.2, -0.15) is 0 Å². The number of nitrogens with zero attached hydrogens (tertiary/aromatic N) is 2. The lowest BCUT2D eigenvalue weighted by Crippen LogP contribution is -2.33. The molecule has 3 rings (SSSR count). The fraction of sp³-hybridized carbons (Fsp3) is 0.316. The second kappa shape index (κ2) is 7.33. The van der Waals surface area contributed by atoms with Crippen LogP contribution in [0.25, 0.3) is 0 Å². The largest absolute Gasteiger partial charge is 0.497 e. The SMILES string of the molecule is COc1ccc(CN2C(=O)C(C)C([N+](=O)[O-])C2c2ccccc2Cl)cc1. The Balaban J connectivity index is 2.00. The Labute approximate surface area is 156 Å². The van der Waals surface area contributed by atoms with Gasteiger partial charge in [0.05, 0.1) is 7.11 Å². The number of hydrogen-bond donors (Lipinski definition) is 0. The molecule has 1 fully saturated rings. The summed E-state index contributed by atoms with van der Waals surface area (Å²) in [5, 5.41) is 12.1. The van der Waals surface area contributed by atoms with Crippen LogP contribution in [-0.4, -0.2) is 28.9 Å². The van der Waals surface area contributed by atoms with Crippen LogP contribution >= 0.6 is 11.6 Å². The van der Waals surface area contributed by atoms with Crippen molar-refractivity contribution in [3.05, 3.63) is 74.8 Å². The summed E-state index contributed by atoms with van der Waals surface area (Å²) >= 11 is 6.30. The first-order chi connectivity index (χ1) is 12.4. The molecule has 0 aromatic heterocycles. The molecule has 3 unspecified atom stereocenters. The zero-order valence-electron chi connectivity index (χ0n) is 14.5. The van der Waals surface area contributed by atoms with E-state index in [2.05, 4.69) is 0 Å². The van der Waals surface area contributed by atoms with Crippen molar-refractivity contribution < 1.29 is 14.5 Å². The van der Waals surface area contributed by atoms with E-state index < -0.39 is 18.0 Å². The number of benzene rings is 2. The highest BCUT2D eigenvalue weighted by Gasteiger charge is 2.54. The number of amides is 1. The first-order valence-corrected chi connectivity index (χ1v) is 8.63. The van der Waals surface area contributed by atoms with Crippen LogP contribution in [0, 0.1) is 16.0 Å². The molecule has 1 aliphatic heterocycles. The van der Waals surface area contributed by atoms with Crippen LogP contribution in [0.4, 0.5) is 0 Å². The van der Waals surface area contributed by atoms with Gasteiger partial charge in [0, 0.05) is 22.1 Å². The third kappa shape index (κ3) is 3.24. The molecule has 0 spiro atoms. The Morgan fingerprint density at radius 2 is 1.85 bits per heavy atom. The Morgan fingerprint density at radius 3 is 2.42 bits per heavy atom. The zero-order valence-corrected chi connectivity index (χ0v) is 15.2. The van der Waals surface area contributed by atoms with Crippen LogP contribution in [0.5, 0.6) is 5.75 Å². The number of ether oxygens (including phenoxy) is 1. The lowest BCUT2D eigenvalue weighted by atomic mass is 9.95. The van der Waals surface area contributed by atoms with Gasteiger partial charge in [0.25, 0.3) is 0 Å². The second-order valence-corrected chi connectivity index (χ2v) is 6.75. The standard InChI is InChI=1S/C19H19ClN2O4/c1-12-17(22(24)25)18(15-5-3-4-6-16(15)20)21(19(12)23)11-13-7-9-14(26-2)10-8-13/h3-10,12,17-18H,11H2,1-2H3. The number of nitro groups is 1. The number of methoxy groups -OCH3 is 1. The molecule has 1 saturated heterocycles. The van der Waals surface area contributed by atoms with Crippen LogP contribution in [0.15, 0.2) is 48.5 Å². The van der Waals surface area contributed by atoms with Gasteiger partial charge in [-0.05, 0) is 30.7 Å². The molecule has 1 aliphatic rings. The summed E-state index contributed by atoms with van der Waals surface area (Å²) in [6.45, 7) is 1.88. The third-order valence-electron chi connectivity index (χ3n) is 4.82. The molecule has 0 radical (unpaired) electrons. The topological polar surface area (TPSA) is 72.7 Å². The van der Waals surface area contributed by atoms with E-state index in [1.807, 2.05) is 12.1 Å². The van der Waals surface area contributed by atoms with Crippen molar-refractivity contribution >= 4 is 17.5 Å². The summed E-state index contributed by atoms with van der Waals surface area (Å²) in [6, 6.07) is 12.5. The van der Waals surface area contributed by atoms with E-state index in [4.69, 9.17) is 16.3 Å². The summed E-state index contributed by atoms with van der Waals surface area (Å²) in [6.07, 6.45) is 0. The monoisotopic (exact) mass is 374 g/mol. The van der Waals surface area contributed by atoms with E-state index >= 15 is 0 Å². The smallest absolute Gasteiger partial charge is 0.248 e. The molecule has 0 saturated carbocycles. The van der Waals surface area contributed by atoms with Crippen molar-refractivity contribution in [2.45, 2.75) is 25.6 Å². The maximum atomic E-state index is 12.8. The first kappa shape index (κ1) is 18.2. The normalized spacial score (nSPS) is 22.5. The number of halogens is 1. The molecule has 1 amide bonds. The molecular formula is C19H19ClN2O4. The quantitative estimate of drug-likeness (QED) is 0.590. The van der Waals surface area contributed by atoms with Gasteiger partial charge < -0.3 is 9.64 Å². The number of rotatable bonds is 5. The highest BCUT2D eigenvalue weighted by atomic mass is 35.5. The van der Waals surface area contributed by atoms with Gasteiger partial charge in [-0.3, -0.25) is 14.9 Å². The fourth-order valence-electron chi connectivity index (χ4n) is 3.47. The van der Waals surface area contributed by atoms with Crippen LogP contribution < -0.4 is 4.74 Å². The summed E-state index contributed by atoms with van der Waals surface area (Å²) < 4.78 is 5.14. The molecule has 0 bridgehead atoms. The molecule has 3 atom stereocenters. The van der Waals surface area contributed by atoms with Crippen molar-refractivity contribution in [2.24, 2.45) is 5.92 Å². The average molecular weight is 375 g/mol. The Kier molecular flexibility index (Phi) is 5.13. The van der Waals surface area contributed by atoms with E-state index in [1.54, 1.807) is 55.3 Å². The molecule has 6 nitrogen and oxygen atoms in total. The van der Waals surface area contributed by atoms with Gasteiger partial charge in [0.1, 0.15) is 17.7 Å². The summed E-state index contributed by atoms with van der Waals surface area (Å²) in [7, 11) is 1.58. The highest BCUT2D eigenvalue weighted by Crippen LogP contribution is 2.41. The van der Waals surface area contributed by atoms with Gasteiger partial charge in [-0.1, -0.05) is 41.9 Å². The number of likely N-dealkylation sites (tertiary alicyclic amines) is 1. The van der Waals surface area contributed by atoms with Crippen LogP contribution in [0.2, 0.25) is 5.02 Å². The molecular weight excluding hydrogens is 356 g/mol. The van der Waals surface area contributed by atoms with Crippen molar-refractivity contribution in [2.75, 3.05) is 7.11 Å². The molecule has 26 heavy (non-hydrogen) atoms. The Morgan fingerprint density at radius 1 is 1.19 bits per heavy atom. The van der Waals surface area contributed by atoms with Crippen molar-refractivity contribution in [1.82, 2.24) is 4.90 Å². The lowest BCUT2D eigenvalue weighted by Gasteiger charge is -2.26. The van der Waals surface area contributed by atoms with Crippen LogP contribution in [0.3, 0.4) is 0 Å². The van der Waals surface area contributed by atoms with Gasteiger partial charge in [-0.25, -0.2) is 0 Å². The molecule has 2 aromatic rings.